The number of amides is 1. The van der Waals surface area contributed by atoms with Crippen LogP contribution < -0.4 is 10.9 Å². The van der Waals surface area contributed by atoms with Crippen LogP contribution in [0.25, 0.3) is 5.69 Å². The molecule has 1 heterocycles. The minimum absolute atomic E-state index is 0.115. The third kappa shape index (κ3) is 4.04. The van der Waals surface area contributed by atoms with Crippen LogP contribution in [-0.2, 0) is 26.8 Å². The number of hydrogen-bond donors (Lipinski definition) is 1. The summed E-state index contributed by atoms with van der Waals surface area (Å²) in [5, 5.41) is 2.62. The van der Waals surface area contributed by atoms with E-state index in [0.717, 1.165) is 12.8 Å². The van der Waals surface area contributed by atoms with Gasteiger partial charge in [-0.2, -0.15) is 0 Å². The molecule has 0 aliphatic heterocycles. The lowest BCUT2D eigenvalue weighted by Gasteiger charge is -2.29. The standard InChI is InChI=1S/C26H28FN3O4/c1-17-22(24(32)30(29(17)3)19-11-5-4-6-12-19)28-23(31)18(2)34-25(33)26(15-9-10-16-26)20-13-7-8-14-21(20)27/h4-8,11-14,18H,9-10,15-16H2,1-3H3,(H,28,31). The van der Waals surface area contributed by atoms with E-state index in [1.54, 1.807) is 49.0 Å². The Balaban J connectivity index is 1.55. The van der Waals surface area contributed by atoms with Gasteiger partial charge in [0.1, 0.15) is 11.5 Å². The molecule has 1 aliphatic carbocycles. The molecule has 1 saturated carbocycles. The molecule has 3 aromatic rings. The summed E-state index contributed by atoms with van der Waals surface area (Å²) in [6, 6.07) is 15.3. The molecule has 1 aliphatic rings. The number of rotatable bonds is 6. The van der Waals surface area contributed by atoms with Gasteiger partial charge in [-0.1, -0.05) is 49.2 Å². The molecule has 1 unspecified atom stereocenters. The van der Waals surface area contributed by atoms with E-state index >= 15 is 0 Å². The number of hydrogen-bond acceptors (Lipinski definition) is 4. The van der Waals surface area contributed by atoms with Gasteiger partial charge < -0.3 is 10.1 Å². The van der Waals surface area contributed by atoms with Crippen LogP contribution in [0.15, 0.2) is 59.4 Å². The average molecular weight is 466 g/mol. The summed E-state index contributed by atoms with van der Waals surface area (Å²) >= 11 is 0. The fourth-order valence-corrected chi connectivity index (χ4v) is 4.68. The van der Waals surface area contributed by atoms with Gasteiger partial charge in [0, 0.05) is 12.6 Å². The summed E-state index contributed by atoms with van der Waals surface area (Å²) in [5.74, 6) is -1.70. The number of nitrogens with one attached hydrogen (secondary N) is 1. The van der Waals surface area contributed by atoms with Crippen LogP contribution in [0.1, 0.15) is 43.9 Å². The predicted octanol–water partition coefficient (Wildman–Crippen LogP) is 4.01. The van der Waals surface area contributed by atoms with Crippen LogP contribution in [0.2, 0.25) is 0 Å². The molecule has 0 spiro atoms. The minimum atomic E-state index is -1.17. The molecule has 1 atom stereocenters. The highest BCUT2D eigenvalue weighted by Crippen LogP contribution is 2.43. The number of carbonyl (C=O) groups is 2. The van der Waals surface area contributed by atoms with Crippen molar-refractivity contribution in [3.8, 4) is 5.69 Å². The molecule has 4 rings (SSSR count). The van der Waals surface area contributed by atoms with E-state index in [1.807, 2.05) is 18.2 Å². The average Bonchev–Trinajstić information content (AvgIpc) is 3.40. The van der Waals surface area contributed by atoms with Crippen LogP contribution in [0.4, 0.5) is 10.1 Å². The van der Waals surface area contributed by atoms with Crippen molar-refractivity contribution in [2.24, 2.45) is 7.05 Å². The maximum atomic E-state index is 14.6. The molecular formula is C26H28FN3O4. The van der Waals surface area contributed by atoms with E-state index in [1.165, 1.54) is 17.7 Å². The maximum Gasteiger partial charge on any atom is 0.317 e. The first-order valence-corrected chi connectivity index (χ1v) is 11.4. The molecule has 178 valence electrons. The van der Waals surface area contributed by atoms with Crippen molar-refractivity contribution < 1.29 is 18.7 Å². The summed E-state index contributed by atoms with van der Waals surface area (Å²) in [5.41, 5.74) is 0.128. The van der Waals surface area contributed by atoms with Crippen molar-refractivity contribution in [2.75, 3.05) is 5.32 Å². The zero-order valence-corrected chi connectivity index (χ0v) is 19.5. The van der Waals surface area contributed by atoms with Crippen molar-refractivity contribution in [1.29, 1.82) is 0 Å². The smallest absolute Gasteiger partial charge is 0.317 e. The molecule has 1 aromatic heterocycles. The normalized spacial score (nSPS) is 15.6. The van der Waals surface area contributed by atoms with E-state index in [4.69, 9.17) is 4.74 Å². The lowest BCUT2D eigenvalue weighted by molar-refractivity contribution is -0.159. The topological polar surface area (TPSA) is 82.3 Å². The number of benzene rings is 2. The minimum Gasteiger partial charge on any atom is -0.452 e. The van der Waals surface area contributed by atoms with E-state index in [0.29, 0.717) is 29.8 Å². The number of halogens is 1. The highest BCUT2D eigenvalue weighted by molar-refractivity contribution is 5.96. The van der Waals surface area contributed by atoms with Gasteiger partial charge in [0.05, 0.1) is 16.8 Å². The van der Waals surface area contributed by atoms with Gasteiger partial charge in [-0.05, 0) is 44.9 Å². The van der Waals surface area contributed by atoms with Crippen molar-refractivity contribution in [3.63, 3.8) is 0 Å². The molecule has 2 aromatic carbocycles. The van der Waals surface area contributed by atoms with Gasteiger partial charge in [0.2, 0.25) is 0 Å². The summed E-state index contributed by atoms with van der Waals surface area (Å²) in [6.45, 7) is 3.17. The number of carbonyl (C=O) groups excluding carboxylic acids is 2. The molecule has 1 N–H and O–H groups in total. The molecule has 0 saturated heterocycles. The van der Waals surface area contributed by atoms with Crippen LogP contribution in [-0.4, -0.2) is 27.3 Å². The summed E-state index contributed by atoms with van der Waals surface area (Å²) in [4.78, 5) is 39.2. The van der Waals surface area contributed by atoms with Gasteiger partial charge >= 0.3 is 5.97 Å². The molecule has 7 nitrogen and oxygen atoms in total. The van der Waals surface area contributed by atoms with E-state index in [-0.39, 0.29) is 5.69 Å². The lowest BCUT2D eigenvalue weighted by atomic mass is 9.78. The lowest BCUT2D eigenvalue weighted by Crippen LogP contribution is -2.40. The Labute approximate surface area is 197 Å². The Morgan fingerprint density at radius 2 is 1.68 bits per heavy atom. The SMILES string of the molecule is Cc1c(NC(=O)C(C)OC(=O)C2(c3ccccc3F)CCCC2)c(=O)n(-c2ccccc2)n1C. The van der Waals surface area contributed by atoms with Crippen LogP contribution in [0, 0.1) is 12.7 Å². The van der Waals surface area contributed by atoms with Crippen LogP contribution in [0.3, 0.4) is 0 Å². The number of para-hydroxylation sites is 1. The maximum absolute atomic E-state index is 14.6. The Kier molecular flexibility index (Phi) is 6.41. The fourth-order valence-electron chi connectivity index (χ4n) is 4.68. The summed E-state index contributed by atoms with van der Waals surface area (Å²) < 4.78 is 23.2. The van der Waals surface area contributed by atoms with Gasteiger partial charge in [-0.15, -0.1) is 0 Å². The highest BCUT2D eigenvalue weighted by atomic mass is 19.1. The largest absolute Gasteiger partial charge is 0.452 e. The van der Waals surface area contributed by atoms with Gasteiger partial charge in [-0.3, -0.25) is 19.1 Å². The first-order chi connectivity index (χ1) is 16.3. The predicted molar refractivity (Wildman–Crippen MR) is 126 cm³/mol. The number of ether oxygens (including phenoxy) is 1. The Morgan fingerprint density at radius 1 is 1.06 bits per heavy atom. The first kappa shape index (κ1) is 23.5. The third-order valence-electron chi connectivity index (χ3n) is 6.69. The fraction of sp³-hybridized carbons (Fsp3) is 0.346. The Hall–Kier alpha value is -3.68. The zero-order chi connectivity index (χ0) is 24.5. The molecular weight excluding hydrogens is 437 g/mol. The van der Waals surface area contributed by atoms with Crippen LogP contribution >= 0.6 is 0 Å². The second kappa shape index (κ2) is 9.29. The number of esters is 1. The van der Waals surface area contributed by atoms with E-state index in [9.17, 15) is 18.8 Å². The second-order valence-electron chi connectivity index (χ2n) is 8.74. The van der Waals surface area contributed by atoms with E-state index < -0.39 is 34.8 Å². The quantitative estimate of drug-likeness (QED) is 0.558. The molecule has 0 radical (unpaired) electrons. The van der Waals surface area contributed by atoms with Gasteiger partial charge in [0.15, 0.2) is 6.10 Å². The van der Waals surface area contributed by atoms with E-state index in [2.05, 4.69) is 5.32 Å². The van der Waals surface area contributed by atoms with Crippen molar-refractivity contribution >= 4 is 17.6 Å². The Bertz CT molecular complexity index is 1270. The van der Waals surface area contributed by atoms with Crippen molar-refractivity contribution in [3.05, 3.63) is 82.0 Å². The third-order valence-corrected chi connectivity index (χ3v) is 6.69. The molecule has 1 amide bonds. The summed E-state index contributed by atoms with van der Waals surface area (Å²) in [7, 11) is 1.72. The number of aromatic nitrogens is 2. The van der Waals surface area contributed by atoms with Crippen molar-refractivity contribution in [2.45, 2.75) is 51.0 Å². The molecule has 34 heavy (non-hydrogen) atoms. The number of anilines is 1. The Morgan fingerprint density at radius 3 is 2.32 bits per heavy atom. The second-order valence-corrected chi connectivity index (χ2v) is 8.74. The highest BCUT2D eigenvalue weighted by Gasteiger charge is 2.46. The zero-order valence-electron chi connectivity index (χ0n) is 19.5. The van der Waals surface area contributed by atoms with Gasteiger partial charge in [-0.25, -0.2) is 9.07 Å². The monoisotopic (exact) mass is 465 g/mol. The summed E-state index contributed by atoms with van der Waals surface area (Å²) in [6.07, 6.45) is 1.29. The van der Waals surface area contributed by atoms with Crippen LogP contribution in [0.5, 0.6) is 0 Å². The number of nitrogens with zero attached hydrogens (tertiary/aromatic N) is 2. The van der Waals surface area contributed by atoms with Crippen molar-refractivity contribution in [1.82, 2.24) is 9.36 Å². The first-order valence-electron chi connectivity index (χ1n) is 11.4. The van der Waals surface area contributed by atoms with Gasteiger partial charge in [0.25, 0.3) is 11.5 Å². The molecule has 1 fully saturated rings. The molecule has 0 bridgehead atoms. The molecule has 8 heteroatoms.